The highest BCUT2D eigenvalue weighted by atomic mass is 32.2. The Morgan fingerprint density at radius 3 is 2.61 bits per heavy atom. The van der Waals surface area contributed by atoms with Crippen molar-refractivity contribution in [3.63, 3.8) is 0 Å². The Kier molecular flexibility index (Phi) is 6.51. The van der Waals surface area contributed by atoms with E-state index < -0.39 is 0 Å². The van der Waals surface area contributed by atoms with E-state index in [1.165, 1.54) is 40.5 Å². The molecule has 0 bridgehead atoms. The highest BCUT2D eigenvalue weighted by Crippen LogP contribution is 2.24. The van der Waals surface area contributed by atoms with Gasteiger partial charge in [-0.25, -0.2) is 14.4 Å². The van der Waals surface area contributed by atoms with Crippen LogP contribution in [0.25, 0.3) is 16.9 Å². The number of carbonyl (C=O) groups excluding carboxylic acids is 1. The average molecular weight is 437 g/mol. The Bertz CT molecular complexity index is 1180. The van der Waals surface area contributed by atoms with Crippen LogP contribution in [0.5, 0.6) is 0 Å². The molecule has 0 radical (unpaired) electrons. The molecule has 2 aromatic carbocycles. The smallest absolute Gasteiger partial charge is 0.234 e. The molecule has 0 saturated heterocycles. The summed E-state index contributed by atoms with van der Waals surface area (Å²) in [5.41, 5.74) is 3.65. The summed E-state index contributed by atoms with van der Waals surface area (Å²) >= 11 is 1.26. The largest absolute Gasteiger partial charge is 0.325 e. The van der Waals surface area contributed by atoms with Crippen molar-refractivity contribution in [1.82, 2.24) is 25.0 Å². The Hall–Kier alpha value is -3.33. The SMILES string of the molecule is CCCCc1ccc(NC(=O)CSc2ncnc3c2nnn3-c2ccc(F)cc2)cc1. The lowest BCUT2D eigenvalue weighted by atomic mass is 10.1. The van der Waals surface area contributed by atoms with Crippen LogP contribution in [-0.4, -0.2) is 36.6 Å². The zero-order chi connectivity index (χ0) is 21.6. The van der Waals surface area contributed by atoms with Crippen molar-refractivity contribution in [1.29, 1.82) is 0 Å². The lowest BCUT2D eigenvalue weighted by Gasteiger charge is -2.06. The molecule has 4 aromatic rings. The van der Waals surface area contributed by atoms with E-state index in [0.717, 1.165) is 24.9 Å². The molecule has 0 fully saturated rings. The first-order chi connectivity index (χ1) is 15.1. The maximum Gasteiger partial charge on any atom is 0.234 e. The van der Waals surface area contributed by atoms with E-state index in [9.17, 15) is 9.18 Å². The van der Waals surface area contributed by atoms with Crippen LogP contribution in [0.4, 0.5) is 10.1 Å². The Labute approximate surface area is 183 Å². The molecule has 2 aromatic heterocycles. The van der Waals surface area contributed by atoms with Gasteiger partial charge >= 0.3 is 0 Å². The maximum atomic E-state index is 13.2. The first-order valence-electron chi connectivity index (χ1n) is 9.98. The van der Waals surface area contributed by atoms with Gasteiger partial charge < -0.3 is 5.32 Å². The summed E-state index contributed by atoms with van der Waals surface area (Å²) in [5.74, 6) is -0.294. The molecular weight excluding hydrogens is 415 g/mol. The molecule has 31 heavy (non-hydrogen) atoms. The van der Waals surface area contributed by atoms with Gasteiger partial charge in [-0.1, -0.05) is 42.5 Å². The fourth-order valence-corrected chi connectivity index (χ4v) is 3.79. The number of nitrogens with one attached hydrogen (secondary N) is 1. The highest BCUT2D eigenvalue weighted by Gasteiger charge is 2.15. The van der Waals surface area contributed by atoms with Gasteiger partial charge in [0, 0.05) is 5.69 Å². The van der Waals surface area contributed by atoms with Crippen molar-refractivity contribution >= 4 is 34.5 Å². The van der Waals surface area contributed by atoms with Gasteiger partial charge in [0.05, 0.1) is 11.4 Å². The molecule has 0 aliphatic rings. The normalized spacial score (nSPS) is 11.0. The van der Waals surface area contributed by atoms with Gasteiger partial charge in [-0.3, -0.25) is 4.79 Å². The van der Waals surface area contributed by atoms with Gasteiger partial charge in [0.2, 0.25) is 5.91 Å². The van der Waals surface area contributed by atoms with Crippen molar-refractivity contribution in [2.24, 2.45) is 0 Å². The van der Waals surface area contributed by atoms with E-state index in [2.05, 4.69) is 32.5 Å². The van der Waals surface area contributed by atoms with Crippen LogP contribution in [0.3, 0.4) is 0 Å². The lowest BCUT2D eigenvalue weighted by Crippen LogP contribution is -2.14. The Morgan fingerprint density at radius 2 is 1.87 bits per heavy atom. The highest BCUT2D eigenvalue weighted by molar-refractivity contribution is 8.00. The van der Waals surface area contributed by atoms with Gasteiger partial charge in [0.1, 0.15) is 17.2 Å². The number of rotatable bonds is 8. The number of carbonyl (C=O) groups is 1. The van der Waals surface area contributed by atoms with E-state index in [-0.39, 0.29) is 17.5 Å². The molecule has 0 unspecified atom stereocenters. The molecule has 0 atom stereocenters. The quantitative estimate of drug-likeness (QED) is 0.325. The van der Waals surface area contributed by atoms with Crippen molar-refractivity contribution in [3.8, 4) is 5.69 Å². The van der Waals surface area contributed by atoms with Crippen LogP contribution in [0, 0.1) is 5.82 Å². The van der Waals surface area contributed by atoms with Crippen LogP contribution < -0.4 is 5.32 Å². The number of fused-ring (bicyclic) bond motifs is 1. The minimum Gasteiger partial charge on any atom is -0.325 e. The van der Waals surface area contributed by atoms with Gasteiger partial charge in [0.15, 0.2) is 11.2 Å². The first kappa shape index (κ1) is 20.9. The van der Waals surface area contributed by atoms with Crippen LogP contribution in [0.15, 0.2) is 59.9 Å². The summed E-state index contributed by atoms with van der Waals surface area (Å²) in [6.45, 7) is 2.17. The molecule has 4 rings (SSSR count). The second kappa shape index (κ2) is 9.65. The third-order valence-corrected chi connectivity index (χ3v) is 5.65. The van der Waals surface area contributed by atoms with Crippen LogP contribution >= 0.6 is 11.8 Å². The summed E-state index contributed by atoms with van der Waals surface area (Å²) in [4.78, 5) is 20.9. The van der Waals surface area contributed by atoms with Crippen LogP contribution in [-0.2, 0) is 11.2 Å². The standard InChI is InChI=1S/C22H21FN6OS/c1-2-3-4-15-5-9-17(10-6-15)26-19(30)13-31-22-20-21(24-14-25-22)29(28-27-20)18-11-7-16(23)8-12-18/h5-12,14H,2-4,13H2,1H3,(H,26,30). The van der Waals surface area contributed by atoms with Gasteiger partial charge in [-0.05, 0) is 54.8 Å². The summed E-state index contributed by atoms with van der Waals surface area (Å²) in [5, 5.41) is 11.7. The second-order valence-corrected chi connectivity index (χ2v) is 7.93. The van der Waals surface area contributed by atoms with Gasteiger partial charge in [-0.15, -0.1) is 5.10 Å². The summed E-state index contributed by atoms with van der Waals surface area (Å²) in [7, 11) is 0. The average Bonchev–Trinajstić information content (AvgIpc) is 3.22. The van der Waals surface area contributed by atoms with Gasteiger partial charge in [0.25, 0.3) is 0 Å². The maximum absolute atomic E-state index is 13.2. The molecular formula is C22H21FN6OS. The lowest BCUT2D eigenvalue weighted by molar-refractivity contribution is -0.113. The number of halogens is 1. The molecule has 1 amide bonds. The number of benzene rings is 2. The van der Waals surface area contributed by atoms with E-state index in [1.54, 1.807) is 12.1 Å². The molecule has 7 nitrogen and oxygen atoms in total. The van der Waals surface area contributed by atoms with Crippen molar-refractivity contribution in [3.05, 3.63) is 66.2 Å². The van der Waals surface area contributed by atoms with E-state index >= 15 is 0 Å². The van der Waals surface area contributed by atoms with E-state index in [1.807, 2.05) is 24.3 Å². The molecule has 1 N–H and O–H groups in total. The fraction of sp³-hybridized carbons (Fsp3) is 0.227. The summed E-state index contributed by atoms with van der Waals surface area (Å²) in [6.07, 6.45) is 4.76. The molecule has 0 aliphatic heterocycles. The minimum absolute atomic E-state index is 0.135. The number of thioether (sulfide) groups is 1. The number of nitrogens with zero attached hydrogens (tertiary/aromatic N) is 5. The summed E-state index contributed by atoms with van der Waals surface area (Å²) in [6, 6.07) is 13.8. The van der Waals surface area contributed by atoms with Crippen LogP contribution in [0.2, 0.25) is 0 Å². The second-order valence-electron chi connectivity index (χ2n) is 6.97. The predicted octanol–water partition coefficient (Wildman–Crippen LogP) is 4.42. The third-order valence-electron chi connectivity index (χ3n) is 4.67. The molecule has 158 valence electrons. The number of hydrogen-bond donors (Lipinski definition) is 1. The third kappa shape index (κ3) is 5.05. The minimum atomic E-state index is -0.333. The van der Waals surface area contributed by atoms with E-state index in [0.29, 0.717) is 21.9 Å². The van der Waals surface area contributed by atoms with Gasteiger partial charge in [-0.2, -0.15) is 4.68 Å². The molecule has 2 heterocycles. The molecule has 0 saturated carbocycles. The molecule has 0 aliphatic carbocycles. The molecule has 0 spiro atoms. The number of amides is 1. The topological polar surface area (TPSA) is 85.6 Å². The van der Waals surface area contributed by atoms with Crippen molar-refractivity contribution in [2.75, 3.05) is 11.1 Å². The fourth-order valence-electron chi connectivity index (χ4n) is 3.06. The number of hydrogen-bond acceptors (Lipinski definition) is 6. The van der Waals surface area contributed by atoms with Crippen molar-refractivity contribution < 1.29 is 9.18 Å². The van der Waals surface area contributed by atoms with Crippen molar-refractivity contribution in [2.45, 2.75) is 31.2 Å². The zero-order valence-corrected chi connectivity index (χ0v) is 17.8. The predicted molar refractivity (Wildman–Crippen MR) is 119 cm³/mol. The summed E-state index contributed by atoms with van der Waals surface area (Å²) < 4.78 is 14.7. The monoisotopic (exact) mass is 436 g/mol. The zero-order valence-electron chi connectivity index (χ0n) is 17.0. The Balaban J connectivity index is 1.42. The molecule has 9 heteroatoms. The number of aryl methyl sites for hydroxylation is 1. The Morgan fingerprint density at radius 1 is 1.10 bits per heavy atom. The number of unbranched alkanes of at least 4 members (excludes halogenated alkanes) is 1. The van der Waals surface area contributed by atoms with Crippen LogP contribution in [0.1, 0.15) is 25.3 Å². The van der Waals surface area contributed by atoms with E-state index in [4.69, 9.17) is 0 Å². The number of anilines is 1. The first-order valence-corrected chi connectivity index (χ1v) is 11.0. The number of aromatic nitrogens is 5.